The Labute approximate surface area is 106 Å². The summed E-state index contributed by atoms with van der Waals surface area (Å²) in [5, 5.41) is 12.8. The lowest BCUT2D eigenvalue weighted by atomic mass is 10.2. The van der Waals surface area contributed by atoms with E-state index >= 15 is 0 Å². The zero-order chi connectivity index (χ0) is 11.8. The second-order valence-electron chi connectivity index (χ2n) is 3.46. The van der Waals surface area contributed by atoms with Crippen LogP contribution in [0.3, 0.4) is 0 Å². The van der Waals surface area contributed by atoms with Gasteiger partial charge in [-0.1, -0.05) is 24.6 Å². The van der Waals surface area contributed by atoms with Crippen LogP contribution in [0.25, 0.3) is 0 Å². The molecule has 0 saturated heterocycles. The van der Waals surface area contributed by atoms with E-state index in [2.05, 4.69) is 18.3 Å². The first-order valence-corrected chi connectivity index (χ1v) is 6.87. The van der Waals surface area contributed by atoms with Crippen molar-refractivity contribution in [2.75, 3.05) is 18.9 Å². The van der Waals surface area contributed by atoms with E-state index in [1.165, 1.54) is 10.5 Å². The number of hydrogen-bond acceptors (Lipinski definition) is 3. The molecule has 0 unspecified atom stereocenters. The third kappa shape index (κ3) is 4.74. The molecule has 0 aliphatic rings. The van der Waals surface area contributed by atoms with Crippen molar-refractivity contribution >= 4 is 23.4 Å². The zero-order valence-electron chi connectivity index (χ0n) is 9.50. The molecule has 0 heterocycles. The third-order valence-electron chi connectivity index (χ3n) is 2.15. The van der Waals surface area contributed by atoms with Gasteiger partial charge >= 0.3 is 0 Å². The van der Waals surface area contributed by atoms with Crippen LogP contribution in [0.15, 0.2) is 23.1 Å². The fourth-order valence-electron chi connectivity index (χ4n) is 1.32. The molecule has 90 valence electrons. The average Bonchev–Trinajstić information content (AvgIpc) is 2.28. The third-order valence-corrected chi connectivity index (χ3v) is 3.57. The lowest BCUT2D eigenvalue weighted by molar-refractivity contribution is 0.296. The smallest absolute Gasteiger partial charge is 0.0439 e. The standard InChI is InChI=1S/C12H18ClNOS/c1-2-14-9-10-4-5-11(13)8-12(10)16-7-3-6-15/h4-5,8,14-15H,2-3,6-7,9H2,1H3. The van der Waals surface area contributed by atoms with Gasteiger partial charge in [-0.15, -0.1) is 11.8 Å². The van der Waals surface area contributed by atoms with E-state index in [0.29, 0.717) is 0 Å². The minimum absolute atomic E-state index is 0.246. The van der Waals surface area contributed by atoms with Crippen LogP contribution in [0.5, 0.6) is 0 Å². The van der Waals surface area contributed by atoms with E-state index in [1.807, 2.05) is 12.1 Å². The van der Waals surface area contributed by atoms with Crippen LogP contribution in [0.4, 0.5) is 0 Å². The number of aliphatic hydroxyl groups is 1. The maximum atomic E-state index is 8.76. The number of hydrogen-bond donors (Lipinski definition) is 2. The van der Waals surface area contributed by atoms with Crippen molar-refractivity contribution in [1.29, 1.82) is 0 Å². The molecule has 2 N–H and O–H groups in total. The quantitative estimate of drug-likeness (QED) is 0.583. The van der Waals surface area contributed by atoms with E-state index in [1.54, 1.807) is 11.8 Å². The Hall–Kier alpha value is -0.220. The molecule has 0 atom stereocenters. The van der Waals surface area contributed by atoms with Crippen LogP contribution in [-0.4, -0.2) is 24.0 Å². The van der Waals surface area contributed by atoms with E-state index in [0.717, 1.165) is 30.3 Å². The molecular weight excluding hydrogens is 242 g/mol. The second-order valence-corrected chi connectivity index (χ2v) is 5.03. The number of halogens is 1. The molecular formula is C12H18ClNOS. The molecule has 0 fully saturated rings. The van der Waals surface area contributed by atoms with Crippen LogP contribution in [0, 0.1) is 0 Å². The summed E-state index contributed by atoms with van der Waals surface area (Å²) < 4.78 is 0. The van der Waals surface area contributed by atoms with Crippen molar-refractivity contribution in [1.82, 2.24) is 5.32 Å². The monoisotopic (exact) mass is 259 g/mol. The van der Waals surface area contributed by atoms with Gasteiger partial charge in [-0.25, -0.2) is 0 Å². The summed E-state index contributed by atoms with van der Waals surface area (Å²) in [7, 11) is 0. The van der Waals surface area contributed by atoms with Crippen molar-refractivity contribution in [3.63, 3.8) is 0 Å². The van der Waals surface area contributed by atoms with Crippen molar-refractivity contribution in [3.05, 3.63) is 28.8 Å². The first-order valence-electron chi connectivity index (χ1n) is 5.50. The highest BCUT2D eigenvalue weighted by atomic mass is 35.5. The lowest BCUT2D eigenvalue weighted by Crippen LogP contribution is -2.12. The molecule has 0 radical (unpaired) electrons. The molecule has 1 aromatic carbocycles. The van der Waals surface area contributed by atoms with Gasteiger partial charge in [0.05, 0.1) is 0 Å². The Morgan fingerprint density at radius 2 is 2.25 bits per heavy atom. The van der Waals surface area contributed by atoms with Crippen molar-refractivity contribution in [2.24, 2.45) is 0 Å². The molecule has 1 rings (SSSR count). The predicted octanol–water partition coefficient (Wildman–Crippen LogP) is 2.92. The first kappa shape index (κ1) is 13.8. The molecule has 1 aromatic rings. The Morgan fingerprint density at radius 3 is 2.94 bits per heavy atom. The Morgan fingerprint density at radius 1 is 1.44 bits per heavy atom. The SMILES string of the molecule is CCNCc1ccc(Cl)cc1SCCCO. The maximum absolute atomic E-state index is 8.76. The molecule has 0 bridgehead atoms. The summed E-state index contributed by atoms with van der Waals surface area (Å²) in [5.74, 6) is 0.927. The fraction of sp³-hybridized carbons (Fsp3) is 0.500. The number of benzene rings is 1. The molecule has 2 nitrogen and oxygen atoms in total. The van der Waals surface area contributed by atoms with E-state index in [4.69, 9.17) is 16.7 Å². The molecule has 0 aliphatic heterocycles. The minimum Gasteiger partial charge on any atom is -0.396 e. The summed E-state index contributed by atoms with van der Waals surface area (Å²) in [6.45, 7) is 4.17. The number of thioether (sulfide) groups is 1. The van der Waals surface area contributed by atoms with Crippen molar-refractivity contribution in [2.45, 2.75) is 24.8 Å². The Bertz CT molecular complexity index is 320. The summed E-state index contributed by atoms with van der Waals surface area (Å²) in [6.07, 6.45) is 0.817. The first-order chi connectivity index (χ1) is 7.77. The van der Waals surface area contributed by atoms with Gasteiger partial charge in [0.1, 0.15) is 0 Å². The number of rotatable bonds is 7. The average molecular weight is 260 g/mol. The van der Waals surface area contributed by atoms with Crippen LogP contribution in [-0.2, 0) is 6.54 Å². The van der Waals surface area contributed by atoms with Gasteiger partial charge in [-0.3, -0.25) is 0 Å². The van der Waals surface area contributed by atoms with Gasteiger partial charge in [0.15, 0.2) is 0 Å². The Kier molecular flexibility index (Phi) is 6.88. The van der Waals surface area contributed by atoms with Gasteiger partial charge in [-0.05, 0) is 30.7 Å². The highest BCUT2D eigenvalue weighted by molar-refractivity contribution is 7.99. The van der Waals surface area contributed by atoms with E-state index in [9.17, 15) is 0 Å². The Balaban J connectivity index is 2.65. The summed E-state index contributed by atoms with van der Waals surface area (Å²) in [6, 6.07) is 5.98. The van der Waals surface area contributed by atoms with E-state index < -0.39 is 0 Å². The van der Waals surface area contributed by atoms with Crippen molar-refractivity contribution < 1.29 is 5.11 Å². The van der Waals surface area contributed by atoms with Gasteiger partial charge in [0.25, 0.3) is 0 Å². The predicted molar refractivity (Wildman–Crippen MR) is 71.3 cm³/mol. The van der Waals surface area contributed by atoms with Crippen LogP contribution < -0.4 is 5.32 Å². The highest BCUT2D eigenvalue weighted by Gasteiger charge is 2.03. The molecule has 0 aliphatic carbocycles. The molecule has 0 amide bonds. The van der Waals surface area contributed by atoms with Crippen LogP contribution >= 0.6 is 23.4 Å². The van der Waals surface area contributed by atoms with Gasteiger partial charge in [-0.2, -0.15) is 0 Å². The second kappa shape index (κ2) is 7.96. The maximum Gasteiger partial charge on any atom is 0.0439 e. The summed E-state index contributed by atoms with van der Waals surface area (Å²) >= 11 is 7.73. The highest BCUT2D eigenvalue weighted by Crippen LogP contribution is 2.26. The lowest BCUT2D eigenvalue weighted by Gasteiger charge is -2.09. The largest absolute Gasteiger partial charge is 0.396 e. The number of aliphatic hydroxyl groups excluding tert-OH is 1. The zero-order valence-corrected chi connectivity index (χ0v) is 11.1. The molecule has 0 saturated carbocycles. The number of nitrogens with one attached hydrogen (secondary N) is 1. The summed E-state index contributed by atoms with van der Waals surface area (Å²) in [4.78, 5) is 1.21. The van der Waals surface area contributed by atoms with Crippen LogP contribution in [0.1, 0.15) is 18.9 Å². The molecule has 0 aromatic heterocycles. The van der Waals surface area contributed by atoms with Gasteiger partial charge in [0.2, 0.25) is 0 Å². The normalized spacial score (nSPS) is 10.7. The minimum atomic E-state index is 0.246. The van der Waals surface area contributed by atoms with Gasteiger partial charge < -0.3 is 10.4 Å². The molecule has 0 spiro atoms. The van der Waals surface area contributed by atoms with Crippen LogP contribution in [0.2, 0.25) is 5.02 Å². The topological polar surface area (TPSA) is 32.3 Å². The summed E-state index contributed by atoms with van der Waals surface area (Å²) in [5.41, 5.74) is 1.27. The van der Waals surface area contributed by atoms with E-state index in [-0.39, 0.29) is 6.61 Å². The molecule has 16 heavy (non-hydrogen) atoms. The van der Waals surface area contributed by atoms with Gasteiger partial charge in [0, 0.05) is 28.8 Å². The fourth-order valence-corrected chi connectivity index (χ4v) is 2.58. The molecule has 4 heteroatoms. The van der Waals surface area contributed by atoms with Crippen molar-refractivity contribution in [3.8, 4) is 0 Å².